The topological polar surface area (TPSA) is 57.5 Å². The van der Waals surface area contributed by atoms with E-state index in [2.05, 4.69) is 46.8 Å². The highest BCUT2D eigenvalue weighted by atomic mass is 16.4. The van der Waals surface area contributed by atoms with Gasteiger partial charge in [0.25, 0.3) is 0 Å². The summed E-state index contributed by atoms with van der Waals surface area (Å²) < 4.78 is 0. The predicted octanol–water partition coefficient (Wildman–Crippen LogP) is 5.47. The molecule has 2 aromatic rings. The normalized spacial score (nSPS) is 12.2. The SMILES string of the molecule is CC(C)(C)CC(C)(C)c1ccc(-c2cccc(C(=O)O)c2O)cc1. The second kappa shape index (κ2) is 6.31. The van der Waals surface area contributed by atoms with Crippen LogP contribution in [0.5, 0.6) is 5.75 Å². The summed E-state index contributed by atoms with van der Waals surface area (Å²) in [5, 5.41) is 19.3. The van der Waals surface area contributed by atoms with E-state index in [-0.39, 0.29) is 22.1 Å². The molecule has 24 heavy (non-hydrogen) atoms. The van der Waals surface area contributed by atoms with Gasteiger partial charge in [-0.2, -0.15) is 0 Å². The summed E-state index contributed by atoms with van der Waals surface area (Å²) >= 11 is 0. The average molecular weight is 326 g/mol. The Balaban J connectivity index is 2.37. The van der Waals surface area contributed by atoms with Crippen LogP contribution < -0.4 is 0 Å². The van der Waals surface area contributed by atoms with Gasteiger partial charge in [0.2, 0.25) is 0 Å². The molecule has 0 amide bonds. The van der Waals surface area contributed by atoms with Crippen LogP contribution in [0.15, 0.2) is 42.5 Å². The quantitative estimate of drug-likeness (QED) is 0.783. The molecule has 0 aliphatic heterocycles. The van der Waals surface area contributed by atoms with Crippen molar-refractivity contribution in [2.45, 2.75) is 46.5 Å². The molecule has 0 fully saturated rings. The smallest absolute Gasteiger partial charge is 0.339 e. The molecule has 2 N–H and O–H groups in total. The lowest BCUT2D eigenvalue weighted by Crippen LogP contribution is -2.24. The zero-order chi connectivity index (χ0) is 18.1. The highest BCUT2D eigenvalue weighted by Crippen LogP contribution is 2.38. The van der Waals surface area contributed by atoms with E-state index in [0.717, 1.165) is 12.0 Å². The molecular weight excluding hydrogens is 300 g/mol. The average Bonchev–Trinajstić information content (AvgIpc) is 2.45. The molecule has 0 saturated heterocycles. The summed E-state index contributed by atoms with van der Waals surface area (Å²) in [7, 11) is 0. The van der Waals surface area contributed by atoms with Crippen LogP contribution in [-0.2, 0) is 5.41 Å². The maximum Gasteiger partial charge on any atom is 0.339 e. The van der Waals surface area contributed by atoms with Gasteiger partial charge in [0.05, 0.1) is 0 Å². The standard InChI is InChI=1S/C21H26O3/c1-20(2,3)13-21(4,5)15-11-9-14(10-12-15)16-7-6-8-17(18(16)22)19(23)24/h6-12,22H,13H2,1-5H3,(H,23,24). The van der Waals surface area contributed by atoms with Crippen LogP contribution in [0.3, 0.4) is 0 Å². The largest absolute Gasteiger partial charge is 0.506 e. The minimum absolute atomic E-state index is 0.0434. The van der Waals surface area contributed by atoms with Crippen LogP contribution in [0.4, 0.5) is 0 Å². The molecule has 0 radical (unpaired) electrons. The molecule has 0 bridgehead atoms. The number of rotatable bonds is 4. The van der Waals surface area contributed by atoms with E-state index < -0.39 is 5.97 Å². The number of aromatic hydroxyl groups is 1. The molecule has 0 atom stereocenters. The first kappa shape index (κ1) is 18.1. The van der Waals surface area contributed by atoms with Crippen molar-refractivity contribution in [3.05, 3.63) is 53.6 Å². The van der Waals surface area contributed by atoms with Crippen molar-refractivity contribution in [3.63, 3.8) is 0 Å². The van der Waals surface area contributed by atoms with Crippen LogP contribution in [-0.4, -0.2) is 16.2 Å². The molecular formula is C21H26O3. The number of benzene rings is 2. The number of hydrogen-bond acceptors (Lipinski definition) is 2. The third-order valence-electron chi connectivity index (χ3n) is 4.22. The van der Waals surface area contributed by atoms with Crippen molar-refractivity contribution in [1.82, 2.24) is 0 Å². The first-order valence-corrected chi connectivity index (χ1v) is 8.17. The van der Waals surface area contributed by atoms with Gasteiger partial charge < -0.3 is 10.2 Å². The summed E-state index contributed by atoms with van der Waals surface area (Å²) in [6.07, 6.45) is 1.05. The van der Waals surface area contributed by atoms with E-state index in [9.17, 15) is 9.90 Å². The summed E-state index contributed by atoms with van der Waals surface area (Å²) in [5.74, 6) is -1.32. The van der Waals surface area contributed by atoms with Crippen LogP contribution in [0.2, 0.25) is 0 Å². The number of carbonyl (C=O) groups is 1. The molecule has 2 aromatic carbocycles. The highest BCUT2D eigenvalue weighted by Gasteiger charge is 2.27. The van der Waals surface area contributed by atoms with Crippen LogP contribution >= 0.6 is 0 Å². The third-order valence-corrected chi connectivity index (χ3v) is 4.22. The van der Waals surface area contributed by atoms with Gasteiger partial charge in [-0.25, -0.2) is 4.79 Å². The van der Waals surface area contributed by atoms with E-state index in [0.29, 0.717) is 5.56 Å². The Hall–Kier alpha value is -2.29. The molecule has 0 saturated carbocycles. The van der Waals surface area contributed by atoms with Gasteiger partial charge in [0.1, 0.15) is 11.3 Å². The fourth-order valence-electron chi connectivity index (χ4n) is 3.48. The van der Waals surface area contributed by atoms with E-state index in [1.54, 1.807) is 12.1 Å². The number of carboxylic acid groups (broad SMARTS) is 1. The Bertz CT molecular complexity index is 735. The van der Waals surface area contributed by atoms with Crippen molar-refractivity contribution in [2.75, 3.05) is 0 Å². The molecule has 0 heterocycles. The molecule has 3 nitrogen and oxygen atoms in total. The Morgan fingerprint density at radius 3 is 2.04 bits per heavy atom. The highest BCUT2D eigenvalue weighted by molar-refractivity contribution is 5.94. The second-order valence-corrected chi connectivity index (χ2v) is 8.21. The lowest BCUT2D eigenvalue weighted by molar-refractivity contribution is 0.0694. The molecule has 0 aromatic heterocycles. The van der Waals surface area contributed by atoms with E-state index in [4.69, 9.17) is 5.11 Å². The maximum absolute atomic E-state index is 11.2. The van der Waals surface area contributed by atoms with Gasteiger partial charge in [-0.1, -0.05) is 71.0 Å². The van der Waals surface area contributed by atoms with E-state index >= 15 is 0 Å². The Labute approximate surface area is 144 Å². The monoisotopic (exact) mass is 326 g/mol. The summed E-state index contributed by atoms with van der Waals surface area (Å²) in [6, 6.07) is 12.8. The molecule has 2 rings (SSSR count). The summed E-state index contributed by atoms with van der Waals surface area (Å²) in [6.45, 7) is 11.2. The van der Waals surface area contributed by atoms with Gasteiger partial charge in [-0.3, -0.25) is 0 Å². The second-order valence-electron chi connectivity index (χ2n) is 8.21. The third kappa shape index (κ3) is 3.97. The van der Waals surface area contributed by atoms with Gasteiger partial charge >= 0.3 is 5.97 Å². The van der Waals surface area contributed by atoms with Crippen molar-refractivity contribution >= 4 is 5.97 Å². The number of phenols is 1. The fraction of sp³-hybridized carbons (Fsp3) is 0.381. The van der Waals surface area contributed by atoms with E-state index in [1.807, 2.05) is 12.1 Å². The molecule has 0 unspecified atom stereocenters. The number of para-hydroxylation sites is 1. The zero-order valence-electron chi connectivity index (χ0n) is 15.1. The number of hydrogen-bond donors (Lipinski definition) is 2. The van der Waals surface area contributed by atoms with Gasteiger partial charge in [-0.05, 0) is 34.4 Å². The predicted molar refractivity (Wildman–Crippen MR) is 97.6 cm³/mol. The van der Waals surface area contributed by atoms with Gasteiger partial charge in [0, 0.05) is 5.56 Å². The van der Waals surface area contributed by atoms with E-state index in [1.165, 1.54) is 11.6 Å². The first-order chi connectivity index (χ1) is 11.0. The Kier molecular flexibility index (Phi) is 4.75. The van der Waals surface area contributed by atoms with Crippen molar-refractivity contribution in [3.8, 4) is 16.9 Å². The number of carboxylic acids is 1. The van der Waals surface area contributed by atoms with Crippen molar-refractivity contribution < 1.29 is 15.0 Å². The van der Waals surface area contributed by atoms with Gasteiger partial charge in [-0.15, -0.1) is 0 Å². The molecule has 0 spiro atoms. The lowest BCUT2D eigenvalue weighted by atomic mass is 9.72. The Morgan fingerprint density at radius 2 is 1.54 bits per heavy atom. The fourth-order valence-corrected chi connectivity index (χ4v) is 3.48. The molecule has 0 aliphatic carbocycles. The Morgan fingerprint density at radius 1 is 0.958 bits per heavy atom. The molecule has 0 aliphatic rings. The van der Waals surface area contributed by atoms with Crippen LogP contribution in [0.1, 0.15) is 57.0 Å². The zero-order valence-corrected chi connectivity index (χ0v) is 15.1. The lowest BCUT2D eigenvalue weighted by Gasteiger charge is -2.33. The minimum atomic E-state index is -1.13. The van der Waals surface area contributed by atoms with Crippen molar-refractivity contribution in [1.29, 1.82) is 0 Å². The summed E-state index contributed by atoms with van der Waals surface area (Å²) in [4.78, 5) is 11.2. The minimum Gasteiger partial charge on any atom is -0.506 e. The molecule has 128 valence electrons. The van der Waals surface area contributed by atoms with Crippen LogP contribution in [0, 0.1) is 5.41 Å². The van der Waals surface area contributed by atoms with Gasteiger partial charge in [0.15, 0.2) is 0 Å². The first-order valence-electron chi connectivity index (χ1n) is 8.17. The maximum atomic E-state index is 11.2. The van der Waals surface area contributed by atoms with Crippen LogP contribution in [0.25, 0.3) is 11.1 Å². The molecule has 3 heteroatoms. The number of aromatic carboxylic acids is 1. The summed E-state index contributed by atoms with van der Waals surface area (Å²) in [5.41, 5.74) is 2.78. The van der Waals surface area contributed by atoms with Crippen molar-refractivity contribution in [2.24, 2.45) is 5.41 Å².